The maximum absolute atomic E-state index is 4.63. The van der Waals surface area contributed by atoms with E-state index in [2.05, 4.69) is 51.0 Å². The first-order chi connectivity index (χ1) is 10.6. The predicted octanol–water partition coefficient (Wildman–Crippen LogP) is 2.18. The molecule has 0 bridgehead atoms. The number of aromatic nitrogens is 2. The summed E-state index contributed by atoms with van der Waals surface area (Å²) in [6.07, 6.45) is 1.84. The van der Waals surface area contributed by atoms with Crippen LogP contribution < -0.4 is 14.7 Å². The van der Waals surface area contributed by atoms with Gasteiger partial charge in [-0.3, -0.25) is 0 Å². The zero-order valence-electron chi connectivity index (χ0n) is 13.5. The lowest BCUT2D eigenvalue weighted by atomic mass is 10.1. The Morgan fingerprint density at radius 3 is 2.32 bits per heavy atom. The highest BCUT2D eigenvalue weighted by molar-refractivity contribution is 5.54. The van der Waals surface area contributed by atoms with Crippen molar-refractivity contribution in [3.63, 3.8) is 0 Å². The van der Waals surface area contributed by atoms with Crippen LogP contribution in [0.15, 0.2) is 36.5 Å². The number of rotatable bonds is 3. The van der Waals surface area contributed by atoms with Gasteiger partial charge in [0.15, 0.2) is 0 Å². The SMILES string of the molecule is Cc1ccccc1N1CCN(c2nccc(N(C)C)n2)CC1. The highest BCUT2D eigenvalue weighted by Gasteiger charge is 2.20. The van der Waals surface area contributed by atoms with Gasteiger partial charge in [-0.05, 0) is 24.6 Å². The van der Waals surface area contributed by atoms with E-state index in [-0.39, 0.29) is 0 Å². The summed E-state index contributed by atoms with van der Waals surface area (Å²) in [5, 5.41) is 0. The Morgan fingerprint density at radius 2 is 1.64 bits per heavy atom. The number of benzene rings is 1. The lowest BCUT2D eigenvalue weighted by Gasteiger charge is -2.36. The van der Waals surface area contributed by atoms with Gasteiger partial charge in [0, 0.05) is 52.2 Å². The topological polar surface area (TPSA) is 35.5 Å². The molecule has 0 N–H and O–H groups in total. The number of hydrogen-bond donors (Lipinski definition) is 0. The minimum atomic E-state index is 0.829. The van der Waals surface area contributed by atoms with Gasteiger partial charge in [0.05, 0.1) is 0 Å². The summed E-state index contributed by atoms with van der Waals surface area (Å²) < 4.78 is 0. The highest BCUT2D eigenvalue weighted by atomic mass is 15.3. The average molecular weight is 297 g/mol. The Labute approximate surface area is 132 Å². The van der Waals surface area contributed by atoms with Crippen LogP contribution in [0.5, 0.6) is 0 Å². The maximum Gasteiger partial charge on any atom is 0.227 e. The molecular weight excluding hydrogens is 274 g/mol. The lowest BCUT2D eigenvalue weighted by molar-refractivity contribution is 0.639. The molecule has 5 nitrogen and oxygen atoms in total. The van der Waals surface area contributed by atoms with Crippen molar-refractivity contribution in [2.75, 3.05) is 55.0 Å². The zero-order valence-corrected chi connectivity index (χ0v) is 13.5. The smallest absolute Gasteiger partial charge is 0.227 e. The van der Waals surface area contributed by atoms with Crippen molar-refractivity contribution in [3.05, 3.63) is 42.1 Å². The molecule has 1 aliphatic rings. The second-order valence-electron chi connectivity index (χ2n) is 5.87. The van der Waals surface area contributed by atoms with Gasteiger partial charge >= 0.3 is 0 Å². The maximum atomic E-state index is 4.63. The second kappa shape index (κ2) is 6.22. The number of piperazine rings is 1. The normalized spacial score (nSPS) is 15.0. The Bertz CT molecular complexity index is 632. The molecule has 5 heteroatoms. The summed E-state index contributed by atoms with van der Waals surface area (Å²) in [5.74, 6) is 1.78. The molecule has 1 aromatic carbocycles. The number of hydrogen-bond acceptors (Lipinski definition) is 5. The summed E-state index contributed by atoms with van der Waals surface area (Å²) in [5.41, 5.74) is 2.67. The lowest BCUT2D eigenvalue weighted by Crippen LogP contribution is -2.47. The van der Waals surface area contributed by atoms with Gasteiger partial charge in [0.1, 0.15) is 5.82 Å². The van der Waals surface area contributed by atoms with Crippen LogP contribution in [0.4, 0.5) is 17.5 Å². The number of anilines is 3. The molecule has 0 amide bonds. The van der Waals surface area contributed by atoms with Gasteiger partial charge in [0.2, 0.25) is 5.95 Å². The molecule has 0 saturated carbocycles. The third-order valence-corrected chi connectivity index (χ3v) is 4.11. The summed E-state index contributed by atoms with van der Waals surface area (Å²) >= 11 is 0. The molecule has 1 aromatic heterocycles. The van der Waals surface area contributed by atoms with E-state index in [1.807, 2.05) is 31.3 Å². The minimum Gasteiger partial charge on any atom is -0.368 e. The number of para-hydroxylation sites is 1. The first kappa shape index (κ1) is 14.6. The fraction of sp³-hybridized carbons (Fsp3) is 0.412. The van der Waals surface area contributed by atoms with E-state index in [0.717, 1.165) is 37.9 Å². The summed E-state index contributed by atoms with van der Waals surface area (Å²) in [6.45, 7) is 6.07. The van der Waals surface area contributed by atoms with Crippen molar-refractivity contribution < 1.29 is 0 Å². The van der Waals surface area contributed by atoms with Crippen LogP contribution in [0.2, 0.25) is 0 Å². The fourth-order valence-corrected chi connectivity index (χ4v) is 2.81. The molecule has 2 heterocycles. The molecule has 0 spiro atoms. The number of nitrogens with zero attached hydrogens (tertiary/aromatic N) is 5. The van der Waals surface area contributed by atoms with E-state index in [4.69, 9.17) is 0 Å². The molecule has 3 rings (SSSR count). The van der Waals surface area contributed by atoms with Crippen molar-refractivity contribution in [2.24, 2.45) is 0 Å². The van der Waals surface area contributed by atoms with Gasteiger partial charge in [0.25, 0.3) is 0 Å². The van der Waals surface area contributed by atoms with Crippen LogP contribution in [-0.2, 0) is 0 Å². The third kappa shape index (κ3) is 2.98. The molecule has 0 aliphatic carbocycles. The molecule has 1 fully saturated rings. The monoisotopic (exact) mass is 297 g/mol. The average Bonchev–Trinajstić information content (AvgIpc) is 2.56. The fourth-order valence-electron chi connectivity index (χ4n) is 2.81. The molecule has 22 heavy (non-hydrogen) atoms. The highest BCUT2D eigenvalue weighted by Crippen LogP contribution is 2.22. The Balaban J connectivity index is 1.69. The minimum absolute atomic E-state index is 0.829. The molecule has 1 saturated heterocycles. The second-order valence-corrected chi connectivity index (χ2v) is 5.87. The van der Waals surface area contributed by atoms with Gasteiger partial charge in [-0.25, -0.2) is 4.98 Å². The zero-order chi connectivity index (χ0) is 15.5. The van der Waals surface area contributed by atoms with Crippen molar-refractivity contribution in [1.82, 2.24) is 9.97 Å². The molecule has 2 aromatic rings. The van der Waals surface area contributed by atoms with E-state index in [1.54, 1.807) is 0 Å². The molecule has 116 valence electrons. The van der Waals surface area contributed by atoms with Crippen LogP contribution in [-0.4, -0.2) is 50.2 Å². The summed E-state index contributed by atoms with van der Waals surface area (Å²) in [7, 11) is 4.00. The van der Waals surface area contributed by atoms with Crippen molar-refractivity contribution in [1.29, 1.82) is 0 Å². The number of aryl methyl sites for hydroxylation is 1. The van der Waals surface area contributed by atoms with Crippen LogP contribution in [0.1, 0.15) is 5.56 Å². The van der Waals surface area contributed by atoms with E-state index >= 15 is 0 Å². The van der Waals surface area contributed by atoms with E-state index < -0.39 is 0 Å². The Hall–Kier alpha value is -2.30. The van der Waals surface area contributed by atoms with Gasteiger partial charge in [-0.1, -0.05) is 18.2 Å². The van der Waals surface area contributed by atoms with Gasteiger partial charge in [-0.2, -0.15) is 4.98 Å². The molecule has 0 radical (unpaired) electrons. The largest absolute Gasteiger partial charge is 0.368 e. The van der Waals surface area contributed by atoms with Crippen LogP contribution in [0.3, 0.4) is 0 Å². The molecule has 0 unspecified atom stereocenters. The molecule has 1 aliphatic heterocycles. The standard InChI is InChI=1S/C17H23N5/c1-14-6-4-5-7-15(14)21-10-12-22(13-11-21)17-18-9-8-16(19-17)20(2)3/h4-9H,10-13H2,1-3H3. The van der Waals surface area contributed by atoms with Crippen molar-refractivity contribution in [3.8, 4) is 0 Å². The van der Waals surface area contributed by atoms with Crippen LogP contribution in [0, 0.1) is 6.92 Å². The first-order valence-electron chi connectivity index (χ1n) is 7.71. The Kier molecular flexibility index (Phi) is 4.13. The Morgan fingerprint density at radius 1 is 0.955 bits per heavy atom. The van der Waals surface area contributed by atoms with Crippen molar-refractivity contribution >= 4 is 17.5 Å². The van der Waals surface area contributed by atoms with E-state index in [9.17, 15) is 0 Å². The van der Waals surface area contributed by atoms with Gasteiger partial charge in [-0.15, -0.1) is 0 Å². The van der Waals surface area contributed by atoms with Gasteiger partial charge < -0.3 is 14.7 Å². The summed E-state index contributed by atoms with van der Waals surface area (Å²) in [6, 6.07) is 10.5. The van der Waals surface area contributed by atoms with E-state index in [1.165, 1.54) is 11.3 Å². The molecular formula is C17H23N5. The first-order valence-corrected chi connectivity index (χ1v) is 7.71. The van der Waals surface area contributed by atoms with Crippen LogP contribution in [0.25, 0.3) is 0 Å². The molecule has 0 atom stereocenters. The third-order valence-electron chi connectivity index (χ3n) is 4.11. The summed E-state index contributed by atoms with van der Waals surface area (Å²) in [4.78, 5) is 15.8. The van der Waals surface area contributed by atoms with Crippen molar-refractivity contribution in [2.45, 2.75) is 6.92 Å². The van der Waals surface area contributed by atoms with E-state index in [0.29, 0.717) is 0 Å². The predicted molar refractivity (Wildman–Crippen MR) is 92.0 cm³/mol. The van der Waals surface area contributed by atoms with Crippen LogP contribution >= 0.6 is 0 Å². The quantitative estimate of drug-likeness (QED) is 0.868.